The van der Waals surface area contributed by atoms with Gasteiger partial charge in [-0.1, -0.05) is 34.6 Å². The summed E-state index contributed by atoms with van der Waals surface area (Å²) in [7, 11) is 0. The van der Waals surface area contributed by atoms with Crippen LogP contribution in [0.15, 0.2) is 48.5 Å². The number of rotatable bonds is 4. The highest BCUT2D eigenvalue weighted by Gasteiger charge is 2.27. The van der Waals surface area contributed by atoms with Gasteiger partial charge in [-0.05, 0) is 42.5 Å². The van der Waals surface area contributed by atoms with Gasteiger partial charge in [0.2, 0.25) is 6.10 Å². The molecule has 2 heterocycles. The fraction of sp³-hybridized carbons (Fsp3) is 0.316. The third-order valence-corrected chi connectivity index (χ3v) is 4.93. The lowest BCUT2D eigenvalue weighted by atomic mass is 10.2. The van der Waals surface area contributed by atoms with Gasteiger partial charge in [0.25, 0.3) is 5.91 Å². The first kappa shape index (κ1) is 17.6. The van der Waals surface area contributed by atoms with E-state index in [4.69, 9.17) is 16.4 Å². The van der Waals surface area contributed by atoms with Crippen molar-refractivity contribution in [2.45, 2.75) is 13.0 Å². The monoisotopic (exact) mass is 385 g/mol. The Hall–Kier alpha value is -2.80. The number of aromatic nitrogens is 3. The highest BCUT2D eigenvalue weighted by atomic mass is 35.5. The maximum atomic E-state index is 12.8. The smallest absolute Gasteiger partial charge is 0.266 e. The van der Waals surface area contributed by atoms with Crippen LogP contribution in [0.4, 0.5) is 5.69 Å². The van der Waals surface area contributed by atoms with Crippen LogP contribution in [-0.4, -0.2) is 58.2 Å². The number of carbonyl (C=O) groups excluding carboxylic acids is 1. The average Bonchev–Trinajstić information content (AvgIpc) is 3.10. The van der Waals surface area contributed by atoms with Crippen LogP contribution in [0, 0.1) is 0 Å². The van der Waals surface area contributed by atoms with Crippen molar-refractivity contribution in [2.75, 3.05) is 31.1 Å². The van der Waals surface area contributed by atoms with Crippen LogP contribution in [0.25, 0.3) is 11.0 Å². The van der Waals surface area contributed by atoms with E-state index in [1.54, 1.807) is 25.1 Å². The second kappa shape index (κ2) is 7.44. The predicted molar refractivity (Wildman–Crippen MR) is 104 cm³/mol. The number of nitrogens with zero attached hydrogens (tertiary/aromatic N) is 5. The van der Waals surface area contributed by atoms with E-state index in [1.165, 1.54) is 10.5 Å². The SMILES string of the molecule is CC(On1nnc2ccc(Cl)cc21)C(=O)N1CCN(c2ccccc2)CC1. The average molecular weight is 386 g/mol. The van der Waals surface area contributed by atoms with E-state index in [9.17, 15) is 4.79 Å². The maximum Gasteiger partial charge on any atom is 0.266 e. The normalized spacial score (nSPS) is 15.8. The van der Waals surface area contributed by atoms with E-state index in [2.05, 4.69) is 27.3 Å². The van der Waals surface area contributed by atoms with Crippen LogP contribution in [0.5, 0.6) is 0 Å². The molecule has 2 aromatic carbocycles. The molecule has 1 fully saturated rings. The van der Waals surface area contributed by atoms with E-state index in [0.717, 1.165) is 13.1 Å². The summed E-state index contributed by atoms with van der Waals surface area (Å²) in [5.74, 6) is -0.0617. The van der Waals surface area contributed by atoms with Crippen molar-refractivity contribution >= 4 is 34.2 Å². The van der Waals surface area contributed by atoms with Crippen molar-refractivity contribution in [1.82, 2.24) is 20.1 Å². The molecule has 1 unspecified atom stereocenters. The third kappa shape index (κ3) is 3.68. The van der Waals surface area contributed by atoms with Gasteiger partial charge in [0.15, 0.2) is 0 Å². The first-order valence-corrected chi connectivity index (χ1v) is 9.26. The van der Waals surface area contributed by atoms with Crippen molar-refractivity contribution in [2.24, 2.45) is 0 Å². The Morgan fingerprint density at radius 1 is 1.11 bits per heavy atom. The molecule has 4 rings (SSSR count). The van der Waals surface area contributed by atoms with Gasteiger partial charge in [-0.25, -0.2) is 0 Å². The number of halogens is 1. The standard InChI is InChI=1S/C19H20ClN5O2/c1-14(27-25-18-13-15(20)7-8-17(18)21-22-25)19(26)24-11-9-23(10-12-24)16-5-3-2-4-6-16/h2-8,13-14H,9-12H2,1H3. The summed E-state index contributed by atoms with van der Waals surface area (Å²) in [6, 6.07) is 15.4. The molecule has 1 amide bonds. The molecule has 140 valence electrons. The molecule has 1 aromatic heterocycles. The van der Waals surface area contributed by atoms with Gasteiger partial charge in [-0.2, -0.15) is 0 Å². The number of amides is 1. The molecule has 1 aliphatic heterocycles. The van der Waals surface area contributed by atoms with Crippen LogP contribution in [-0.2, 0) is 4.79 Å². The maximum absolute atomic E-state index is 12.8. The summed E-state index contributed by atoms with van der Waals surface area (Å²) in [6.45, 7) is 4.63. The van der Waals surface area contributed by atoms with Crippen LogP contribution >= 0.6 is 11.6 Å². The zero-order chi connectivity index (χ0) is 18.8. The molecular weight excluding hydrogens is 366 g/mol. The van der Waals surface area contributed by atoms with Crippen molar-refractivity contribution in [3.63, 3.8) is 0 Å². The molecule has 0 aliphatic carbocycles. The Bertz CT molecular complexity index is 938. The van der Waals surface area contributed by atoms with Gasteiger partial charge in [0.05, 0.1) is 0 Å². The highest BCUT2D eigenvalue weighted by Crippen LogP contribution is 2.18. The number of hydrogen-bond donors (Lipinski definition) is 0. The number of benzene rings is 2. The lowest BCUT2D eigenvalue weighted by Gasteiger charge is -2.36. The quantitative estimate of drug-likeness (QED) is 0.689. The number of hydrogen-bond acceptors (Lipinski definition) is 5. The molecule has 0 bridgehead atoms. The van der Waals surface area contributed by atoms with E-state index < -0.39 is 6.10 Å². The fourth-order valence-corrected chi connectivity index (χ4v) is 3.39. The van der Waals surface area contributed by atoms with Gasteiger partial charge in [0, 0.05) is 36.9 Å². The summed E-state index contributed by atoms with van der Waals surface area (Å²) in [5, 5.41) is 8.55. The number of carbonyl (C=O) groups is 1. The minimum Gasteiger partial charge on any atom is -0.382 e. The van der Waals surface area contributed by atoms with Crippen molar-refractivity contribution < 1.29 is 9.63 Å². The minimum absolute atomic E-state index is 0.0617. The zero-order valence-electron chi connectivity index (χ0n) is 15.0. The van der Waals surface area contributed by atoms with Crippen LogP contribution < -0.4 is 9.74 Å². The molecule has 1 aliphatic rings. The second-order valence-corrected chi connectivity index (χ2v) is 6.93. The van der Waals surface area contributed by atoms with Crippen molar-refractivity contribution in [3.8, 4) is 0 Å². The van der Waals surface area contributed by atoms with Crippen LogP contribution in [0.1, 0.15) is 6.92 Å². The molecule has 0 N–H and O–H groups in total. The molecule has 0 saturated carbocycles. The van der Waals surface area contributed by atoms with E-state index in [0.29, 0.717) is 29.1 Å². The Kier molecular flexibility index (Phi) is 4.85. The van der Waals surface area contributed by atoms with E-state index >= 15 is 0 Å². The largest absolute Gasteiger partial charge is 0.382 e. The van der Waals surface area contributed by atoms with E-state index in [1.807, 2.05) is 23.1 Å². The Morgan fingerprint density at radius 3 is 2.59 bits per heavy atom. The molecular formula is C19H20ClN5O2. The summed E-state index contributed by atoms with van der Waals surface area (Å²) in [4.78, 5) is 23.9. The third-order valence-electron chi connectivity index (χ3n) is 4.70. The first-order chi connectivity index (χ1) is 13.1. The predicted octanol–water partition coefficient (Wildman–Crippen LogP) is 2.25. The molecule has 0 spiro atoms. The van der Waals surface area contributed by atoms with Gasteiger partial charge in [-0.3, -0.25) is 4.79 Å². The number of piperazine rings is 1. The van der Waals surface area contributed by atoms with Gasteiger partial charge in [-0.15, -0.1) is 5.10 Å². The lowest BCUT2D eigenvalue weighted by molar-refractivity contribution is -0.144. The molecule has 0 radical (unpaired) electrons. The van der Waals surface area contributed by atoms with Crippen LogP contribution in [0.2, 0.25) is 5.02 Å². The van der Waals surface area contributed by atoms with E-state index in [-0.39, 0.29) is 5.91 Å². The number of fused-ring (bicyclic) bond motifs is 1. The molecule has 8 heteroatoms. The Morgan fingerprint density at radius 2 is 1.85 bits per heavy atom. The zero-order valence-corrected chi connectivity index (χ0v) is 15.7. The molecule has 1 saturated heterocycles. The molecule has 27 heavy (non-hydrogen) atoms. The van der Waals surface area contributed by atoms with Crippen molar-refractivity contribution in [3.05, 3.63) is 53.6 Å². The Labute approximate surface area is 162 Å². The summed E-state index contributed by atoms with van der Waals surface area (Å²) < 4.78 is 0. The van der Waals surface area contributed by atoms with Gasteiger partial charge < -0.3 is 14.6 Å². The fourth-order valence-electron chi connectivity index (χ4n) is 3.23. The summed E-state index contributed by atoms with van der Waals surface area (Å²) in [6.07, 6.45) is -0.669. The van der Waals surface area contributed by atoms with Crippen LogP contribution in [0.3, 0.4) is 0 Å². The second-order valence-electron chi connectivity index (χ2n) is 6.49. The Balaban J connectivity index is 1.39. The number of anilines is 1. The first-order valence-electron chi connectivity index (χ1n) is 8.89. The lowest BCUT2D eigenvalue weighted by Crippen LogP contribution is -2.52. The van der Waals surface area contributed by atoms with Gasteiger partial charge in [0.1, 0.15) is 11.0 Å². The summed E-state index contributed by atoms with van der Waals surface area (Å²) in [5.41, 5.74) is 2.48. The number of para-hydroxylation sites is 1. The molecule has 3 aromatic rings. The van der Waals surface area contributed by atoms with Crippen molar-refractivity contribution in [1.29, 1.82) is 0 Å². The topological polar surface area (TPSA) is 63.5 Å². The summed E-state index contributed by atoms with van der Waals surface area (Å²) >= 11 is 6.03. The minimum atomic E-state index is -0.669. The molecule has 7 nitrogen and oxygen atoms in total. The molecule has 1 atom stereocenters. The highest BCUT2D eigenvalue weighted by molar-refractivity contribution is 6.31. The van der Waals surface area contributed by atoms with Gasteiger partial charge >= 0.3 is 0 Å².